The predicted molar refractivity (Wildman–Crippen MR) is 60.1 cm³/mol. The van der Waals surface area contributed by atoms with Crippen molar-refractivity contribution in [2.45, 2.75) is 45.3 Å². The summed E-state index contributed by atoms with van der Waals surface area (Å²) >= 11 is 0. The number of fused-ring (bicyclic) bond motifs is 2. The van der Waals surface area contributed by atoms with Gasteiger partial charge in [0, 0.05) is 5.92 Å². The zero-order chi connectivity index (χ0) is 9.47. The van der Waals surface area contributed by atoms with Crippen LogP contribution in [0, 0.1) is 29.2 Å². The molecule has 0 nitrogen and oxygen atoms in total. The van der Waals surface area contributed by atoms with E-state index in [9.17, 15) is 0 Å². The summed E-state index contributed by atoms with van der Waals surface area (Å²) in [5.41, 5.74) is 3.54. The van der Waals surface area contributed by atoms with Crippen molar-refractivity contribution in [1.29, 1.82) is 0 Å². The van der Waals surface area contributed by atoms with Crippen LogP contribution in [-0.2, 0) is 0 Å². The maximum absolute atomic E-state index is 3.56. The Balaban J connectivity index is 1.99. The van der Waals surface area contributed by atoms with Gasteiger partial charge in [-0.05, 0) is 31.1 Å². The smallest absolute Gasteiger partial charge is 0.129 e. The second-order valence-electron chi connectivity index (χ2n) is 5.80. The molecule has 0 saturated heterocycles. The minimum atomic E-state index is -1.11. The summed E-state index contributed by atoms with van der Waals surface area (Å²) in [7, 11) is -1.11. The molecule has 0 aromatic carbocycles. The van der Waals surface area contributed by atoms with Crippen LogP contribution in [0.15, 0.2) is 0 Å². The van der Waals surface area contributed by atoms with Crippen LogP contribution in [0.4, 0.5) is 0 Å². The Morgan fingerprint density at radius 3 is 2.31 bits per heavy atom. The standard InChI is InChI=1S/C12H20Si/c1-13(2,3)7-6-12-9-10-4-5-11(12)8-10/h10-12H,4-5,8-9H2,1-3H3. The van der Waals surface area contributed by atoms with E-state index in [1.54, 1.807) is 0 Å². The largest absolute Gasteiger partial charge is 0.132 e. The molecule has 0 N–H and O–H groups in total. The molecule has 2 bridgehead atoms. The van der Waals surface area contributed by atoms with Crippen LogP contribution in [0.25, 0.3) is 0 Å². The van der Waals surface area contributed by atoms with Crippen LogP contribution >= 0.6 is 0 Å². The monoisotopic (exact) mass is 192 g/mol. The molecule has 1 heteroatoms. The fraction of sp³-hybridized carbons (Fsp3) is 0.833. The lowest BCUT2D eigenvalue weighted by Gasteiger charge is -2.16. The van der Waals surface area contributed by atoms with E-state index in [2.05, 4.69) is 31.1 Å². The molecule has 2 aliphatic rings. The van der Waals surface area contributed by atoms with Gasteiger partial charge in [-0.25, -0.2) is 0 Å². The zero-order valence-electron chi connectivity index (χ0n) is 9.06. The van der Waals surface area contributed by atoms with Crippen LogP contribution in [0.5, 0.6) is 0 Å². The normalized spacial score (nSPS) is 37.3. The molecule has 3 atom stereocenters. The summed E-state index contributed by atoms with van der Waals surface area (Å²) < 4.78 is 0. The lowest BCUT2D eigenvalue weighted by atomic mass is 9.90. The molecule has 13 heavy (non-hydrogen) atoms. The van der Waals surface area contributed by atoms with E-state index in [4.69, 9.17) is 0 Å². The van der Waals surface area contributed by atoms with Crippen molar-refractivity contribution in [2.24, 2.45) is 17.8 Å². The third kappa shape index (κ3) is 2.17. The molecule has 0 heterocycles. The minimum absolute atomic E-state index is 0.783. The summed E-state index contributed by atoms with van der Waals surface area (Å²) in [5.74, 6) is 6.38. The van der Waals surface area contributed by atoms with Gasteiger partial charge in [-0.2, -0.15) is 0 Å². The van der Waals surface area contributed by atoms with Crippen LogP contribution < -0.4 is 0 Å². The highest BCUT2D eigenvalue weighted by molar-refractivity contribution is 6.83. The van der Waals surface area contributed by atoms with E-state index < -0.39 is 8.07 Å². The summed E-state index contributed by atoms with van der Waals surface area (Å²) in [4.78, 5) is 0. The van der Waals surface area contributed by atoms with Gasteiger partial charge in [-0.3, -0.25) is 0 Å². The molecular formula is C12H20Si. The molecule has 0 amide bonds. The summed E-state index contributed by atoms with van der Waals surface area (Å²) in [6, 6.07) is 0. The van der Waals surface area contributed by atoms with Gasteiger partial charge in [0.15, 0.2) is 0 Å². The van der Waals surface area contributed by atoms with E-state index >= 15 is 0 Å². The first-order valence-corrected chi connectivity index (χ1v) is 9.07. The van der Waals surface area contributed by atoms with Crippen molar-refractivity contribution in [3.63, 3.8) is 0 Å². The summed E-state index contributed by atoms with van der Waals surface area (Å²) in [5, 5.41) is 0. The van der Waals surface area contributed by atoms with Crippen LogP contribution in [0.2, 0.25) is 19.6 Å². The van der Waals surface area contributed by atoms with Gasteiger partial charge in [0.05, 0.1) is 0 Å². The first-order chi connectivity index (χ1) is 6.04. The minimum Gasteiger partial charge on any atom is -0.132 e. The molecule has 0 spiro atoms. The third-order valence-electron chi connectivity index (χ3n) is 3.37. The fourth-order valence-electron chi connectivity index (χ4n) is 2.73. The molecular weight excluding hydrogens is 172 g/mol. The van der Waals surface area contributed by atoms with Crippen molar-refractivity contribution in [1.82, 2.24) is 0 Å². The Labute approximate surface area is 83.1 Å². The molecule has 0 aliphatic heterocycles. The highest BCUT2D eigenvalue weighted by Crippen LogP contribution is 2.47. The Morgan fingerprint density at radius 2 is 1.85 bits per heavy atom. The van der Waals surface area contributed by atoms with Crippen LogP contribution in [0.3, 0.4) is 0 Å². The second-order valence-corrected chi connectivity index (χ2v) is 10.6. The van der Waals surface area contributed by atoms with E-state index in [-0.39, 0.29) is 0 Å². The van der Waals surface area contributed by atoms with Gasteiger partial charge in [-0.15, -0.1) is 11.5 Å². The summed E-state index contributed by atoms with van der Waals surface area (Å²) in [6.45, 7) is 7.02. The van der Waals surface area contributed by atoms with Crippen molar-refractivity contribution in [2.75, 3.05) is 0 Å². The zero-order valence-corrected chi connectivity index (χ0v) is 10.1. The first-order valence-electron chi connectivity index (χ1n) is 5.57. The van der Waals surface area contributed by atoms with Gasteiger partial charge < -0.3 is 0 Å². The van der Waals surface area contributed by atoms with E-state index in [0.717, 1.165) is 17.8 Å². The number of rotatable bonds is 0. The maximum atomic E-state index is 3.56. The van der Waals surface area contributed by atoms with Gasteiger partial charge >= 0.3 is 0 Å². The lowest BCUT2D eigenvalue weighted by molar-refractivity contribution is 0.406. The van der Waals surface area contributed by atoms with Crippen molar-refractivity contribution < 1.29 is 0 Å². The Morgan fingerprint density at radius 1 is 1.08 bits per heavy atom. The molecule has 0 aromatic heterocycles. The molecule has 0 radical (unpaired) electrons. The highest BCUT2D eigenvalue weighted by atomic mass is 28.3. The van der Waals surface area contributed by atoms with Gasteiger partial charge in [0.25, 0.3) is 0 Å². The Hall–Kier alpha value is -0.223. The van der Waals surface area contributed by atoms with Gasteiger partial charge in [-0.1, -0.05) is 26.1 Å². The van der Waals surface area contributed by atoms with Crippen LogP contribution in [-0.4, -0.2) is 8.07 Å². The number of hydrogen-bond acceptors (Lipinski definition) is 0. The van der Waals surface area contributed by atoms with Crippen molar-refractivity contribution >= 4 is 8.07 Å². The number of hydrogen-bond donors (Lipinski definition) is 0. The van der Waals surface area contributed by atoms with Crippen molar-refractivity contribution in [3.8, 4) is 11.5 Å². The van der Waals surface area contributed by atoms with Gasteiger partial charge in [0.1, 0.15) is 8.07 Å². The molecule has 2 aliphatic carbocycles. The van der Waals surface area contributed by atoms with E-state index in [0.29, 0.717) is 0 Å². The van der Waals surface area contributed by atoms with E-state index in [1.165, 1.54) is 25.7 Å². The topological polar surface area (TPSA) is 0 Å². The van der Waals surface area contributed by atoms with Crippen molar-refractivity contribution in [3.05, 3.63) is 0 Å². The average Bonchev–Trinajstić information content (AvgIpc) is 2.58. The predicted octanol–water partition coefficient (Wildman–Crippen LogP) is 3.30. The molecule has 72 valence electrons. The molecule has 3 unspecified atom stereocenters. The second kappa shape index (κ2) is 3.17. The Kier molecular flexibility index (Phi) is 2.28. The molecule has 2 saturated carbocycles. The maximum Gasteiger partial charge on any atom is 0.129 e. The first kappa shape index (κ1) is 9.34. The third-order valence-corrected chi connectivity index (χ3v) is 4.26. The summed E-state index contributed by atoms with van der Waals surface area (Å²) in [6.07, 6.45) is 5.87. The highest BCUT2D eigenvalue weighted by Gasteiger charge is 2.38. The fourth-order valence-corrected chi connectivity index (χ4v) is 3.35. The molecule has 2 rings (SSSR count). The molecule has 2 fully saturated rings. The molecule has 0 aromatic rings. The Bertz CT molecular complexity index is 251. The SMILES string of the molecule is C[Si](C)(C)C#CC1CC2CCC1C2. The van der Waals surface area contributed by atoms with Gasteiger partial charge in [0.2, 0.25) is 0 Å². The van der Waals surface area contributed by atoms with Crippen LogP contribution in [0.1, 0.15) is 25.7 Å². The van der Waals surface area contributed by atoms with E-state index in [1.807, 2.05) is 0 Å². The quantitative estimate of drug-likeness (QED) is 0.408. The average molecular weight is 192 g/mol. The lowest BCUT2D eigenvalue weighted by Crippen LogP contribution is -2.18.